The van der Waals surface area contributed by atoms with Crippen LogP contribution < -0.4 is 10.6 Å². The standard InChI is InChI=1S/C48H70N4O8/c1-31(36-15-16-37-34-14-13-32-30-33(53)20-22-47(32,2)38(34)21-23-48(36,37)3)12-18-41(54)50-25-9-29-60-27-6-5-26-59-28-8-24-49-39-11-7-10-35-43(39)46(58)52(44(35)56)40-17-19-42(55)51(4)45(40)57/h7,10-11,13,31,33-34,36-38,40,49,53H,5-6,8-9,12,14-30H2,1-4H3,(H,50,54)/t31-,33+,34+,36-,37+,38+,40?,47+,48-/m1/s1. The van der Waals surface area contributed by atoms with E-state index in [1.54, 1.807) is 23.8 Å². The van der Waals surface area contributed by atoms with Crippen molar-refractivity contribution in [3.63, 3.8) is 0 Å². The van der Waals surface area contributed by atoms with Crippen LogP contribution in [0.3, 0.4) is 0 Å². The van der Waals surface area contributed by atoms with E-state index >= 15 is 0 Å². The summed E-state index contributed by atoms with van der Waals surface area (Å²) < 4.78 is 11.6. The minimum absolute atomic E-state index is 0.106. The van der Waals surface area contributed by atoms with E-state index in [0.717, 1.165) is 72.5 Å². The van der Waals surface area contributed by atoms with E-state index in [0.29, 0.717) is 75.3 Å². The maximum absolute atomic E-state index is 13.4. The second kappa shape index (κ2) is 19.2. The van der Waals surface area contributed by atoms with Gasteiger partial charge in [-0.1, -0.05) is 38.5 Å². The van der Waals surface area contributed by atoms with Crippen LogP contribution >= 0.6 is 0 Å². The van der Waals surface area contributed by atoms with E-state index in [4.69, 9.17) is 9.47 Å². The molecule has 330 valence electrons. The second-order valence-corrected chi connectivity index (χ2v) is 19.4. The van der Waals surface area contributed by atoms with E-state index in [2.05, 4.69) is 37.5 Å². The summed E-state index contributed by atoms with van der Waals surface area (Å²) in [5, 5.41) is 16.7. The van der Waals surface area contributed by atoms with Crippen molar-refractivity contribution < 1.29 is 38.6 Å². The number of unbranched alkanes of at least 4 members (excludes halogenated alkanes) is 1. The second-order valence-electron chi connectivity index (χ2n) is 19.4. The van der Waals surface area contributed by atoms with Gasteiger partial charge < -0.3 is 25.2 Å². The molecule has 12 heteroatoms. The number of hydrogen-bond donors (Lipinski definition) is 3. The van der Waals surface area contributed by atoms with Gasteiger partial charge in [0.25, 0.3) is 17.7 Å². The Hall–Kier alpha value is -3.61. The molecule has 1 unspecified atom stereocenters. The summed E-state index contributed by atoms with van der Waals surface area (Å²) in [5.41, 5.74) is 3.27. The minimum Gasteiger partial charge on any atom is -0.393 e. The Balaban J connectivity index is 0.704. The smallest absolute Gasteiger partial charge is 0.264 e. The quantitative estimate of drug-likeness (QED) is 0.0767. The lowest BCUT2D eigenvalue weighted by Crippen LogP contribution is -2.54. The molecule has 9 atom stereocenters. The number of carbonyl (C=O) groups is 5. The normalized spacial score (nSPS) is 31.6. The van der Waals surface area contributed by atoms with Gasteiger partial charge in [0.05, 0.1) is 17.2 Å². The number of carbonyl (C=O) groups excluding carboxylic acids is 5. The largest absolute Gasteiger partial charge is 0.393 e. The van der Waals surface area contributed by atoms with Gasteiger partial charge in [0.1, 0.15) is 6.04 Å². The molecule has 3 saturated carbocycles. The summed E-state index contributed by atoms with van der Waals surface area (Å²) in [6.07, 6.45) is 16.8. The first kappa shape index (κ1) is 44.4. The highest BCUT2D eigenvalue weighted by Gasteiger charge is 2.59. The van der Waals surface area contributed by atoms with Gasteiger partial charge in [-0.3, -0.25) is 33.8 Å². The number of rotatable bonds is 19. The topological polar surface area (TPSA) is 155 Å². The summed E-state index contributed by atoms with van der Waals surface area (Å²) >= 11 is 0. The van der Waals surface area contributed by atoms with Gasteiger partial charge in [-0.2, -0.15) is 0 Å². The molecule has 5 amide bonds. The monoisotopic (exact) mass is 831 g/mol. The van der Waals surface area contributed by atoms with Gasteiger partial charge in [-0.05, 0) is 142 Å². The van der Waals surface area contributed by atoms with Gasteiger partial charge in [0.2, 0.25) is 11.8 Å². The predicted molar refractivity (Wildman–Crippen MR) is 229 cm³/mol. The molecule has 3 N–H and O–H groups in total. The van der Waals surface area contributed by atoms with Crippen molar-refractivity contribution in [2.75, 3.05) is 51.9 Å². The van der Waals surface area contributed by atoms with Crippen LogP contribution in [-0.4, -0.2) is 103 Å². The zero-order valence-corrected chi connectivity index (χ0v) is 36.6. The Morgan fingerprint density at radius 1 is 0.900 bits per heavy atom. The highest BCUT2D eigenvalue weighted by atomic mass is 16.5. The van der Waals surface area contributed by atoms with Gasteiger partial charge >= 0.3 is 0 Å². The third-order valence-corrected chi connectivity index (χ3v) is 15.9. The number of anilines is 1. The molecular formula is C48H70N4O8. The minimum atomic E-state index is -0.976. The van der Waals surface area contributed by atoms with E-state index in [1.165, 1.54) is 39.2 Å². The van der Waals surface area contributed by atoms with Crippen molar-refractivity contribution in [3.05, 3.63) is 41.0 Å². The Morgan fingerprint density at radius 3 is 2.40 bits per heavy atom. The molecule has 0 radical (unpaired) electrons. The number of fused-ring (bicyclic) bond motifs is 6. The fourth-order valence-corrected chi connectivity index (χ4v) is 12.5. The molecule has 7 rings (SSSR count). The Bertz CT molecular complexity index is 1800. The van der Waals surface area contributed by atoms with E-state index < -0.39 is 23.8 Å². The molecule has 0 aromatic heterocycles. The number of amides is 5. The lowest BCUT2D eigenvalue weighted by atomic mass is 9.47. The van der Waals surface area contributed by atoms with Gasteiger partial charge in [0.15, 0.2) is 0 Å². The Morgan fingerprint density at radius 2 is 1.63 bits per heavy atom. The van der Waals surface area contributed by atoms with Crippen LogP contribution in [0, 0.1) is 40.4 Å². The van der Waals surface area contributed by atoms with Crippen molar-refractivity contribution in [1.82, 2.24) is 15.1 Å². The molecule has 12 nitrogen and oxygen atoms in total. The van der Waals surface area contributed by atoms with E-state index in [9.17, 15) is 29.1 Å². The first-order valence-corrected chi connectivity index (χ1v) is 23.2. The molecular weight excluding hydrogens is 761 g/mol. The highest BCUT2D eigenvalue weighted by Crippen LogP contribution is 2.67. The van der Waals surface area contributed by atoms with E-state index in [-0.39, 0.29) is 47.3 Å². The number of likely N-dealkylation sites (N-methyl/N-ethyl adjacent to an activating group) is 1. The predicted octanol–water partition coefficient (Wildman–Crippen LogP) is 6.91. The average molecular weight is 831 g/mol. The number of aliphatic hydroxyl groups excluding tert-OH is 1. The number of piperidine rings is 1. The summed E-state index contributed by atoms with van der Waals surface area (Å²) in [7, 11) is 1.38. The maximum atomic E-state index is 13.4. The van der Waals surface area contributed by atoms with Crippen LogP contribution in [0.15, 0.2) is 29.8 Å². The first-order valence-electron chi connectivity index (χ1n) is 23.2. The number of hydrogen-bond acceptors (Lipinski definition) is 9. The third-order valence-electron chi connectivity index (χ3n) is 15.9. The highest BCUT2D eigenvalue weighted by molar-refractivity contribution is 6.25. The SMILES string of the molecule is C[C@H](CCC(=O)NCCCOCCCCOCCCNc1cccc2c1C(=O)N(C1CCC(=O)N(C)C1=O)C2=O)[C@H]1CC[C@H]2[C@@H]3CC=C4C[C@@H](O)CC[C@]4(C)[C@H]3CC[C@]12C. The van der Waals surface area contributed by atoms with Crippen LogP contribution in [0.4, 0.5) is 5.69 Å². The van der Waals surface area contributed by atoms with Crippen LogP contribution in [0.2, 0.25) is 0 Å². The van der Waals surface area contributed by atoms with Crippen LogP contribution in [0.1, 0.15) is 144 Å². The summed E-state index contributed by atoms with van der Waals surface area (Å²) in [6.45, 7) is 11.1. The number of nitrogens with one attached hydrogen (secondary N) is 2. The zero-order chi connectivity index (χ0) is 42.6. The molecule has 0 spiro atoms. The van der Waals surface area contributed by atoms with Crippen molar-refractivity contribution in [2.24, 2.45) is 40.4 Å². The number of benzene rings is 1. The van der Waals surface area contributed by atoms with Crippen LogP contribution in [0.5, 0.6) is 0 Å². The fourth-order valence-electron chi connectivity index (χ4n) is 12.5. The summed E-state index contributed by atoms with van der Waals surface area (Å²) in [6, 6.07) is 4.09. The Kier molecular flexibility index (Phi) is 14.2. The molecule has 60 heavy (non-hydrogen) atoms. The number of ether oxygens (including phenoxy) is 2. The number of nitrogens with zero attached hydrogens (tertiary/aromatic N) is 2. The molecule has 1 aromatic carbocycles. The molecule has 1 aromatic rings. The van der Waals surface area contributed by atoms with Gasteiger partial charge in [-0.15, -0.1) is 0 Å². The lowest BCUT2D eigenvalue weighted by Gasteiger charge is -2.58. The number of aliphatic hydroxyl groups is 1. The van der Waals surface area contributed by atoms with Crippen molar-refractivity contribution in [3.8, 4) is 0 Å². The zero-order valence-electron chi connectivity index (χ0n) is 36.6. The van der Waals surface area contributed by atoms with Gasteiger partial charge in [-0.25, -0.2) is 0 Å². The first-order chi connectivity index (χ1) is 28.8. The Labute approximate surface area is 356 Å². The van der Waals surface area contributed by atoms with Crippen molar-refractivity contribution in [1.29, 1.82) is 0 Å². The fraction of sp³-hybridized carbons (Fsp3) is 0.729. The molecule has 2 aliphatic heterocycles. The number of allylic oxidation sites excluding steroid dienone is 1. The molecule has 6 aliphatic rings. The van der Waals surface area contributed by atoms with E-state index in [1.807, 2.05) is 0 Å². The van der Waals surface area contributed by atoms with Gasteiger partial charge in [0, 0.05) is 65.1 Å². The molecule has 4 fully saturated rings. The number of imide groups is 2. The van der Waals surface area contributed by atoms with Crippen LogP contribution in [-0.2, 0) is 23.9 Å². The summed E-state index contributed by atoms with van der Waals surface area (Å²) in [5.74, 6) is 1.83. The third kappa shape index (κ3) is 8.98. The van der Waals surface area contributed by atoms with Crippen LogP contribution in [0.25, 0.3) is 0 Å². The molecule has 4 aliphatic carbocycles. The lowest BCUT2D eigenvalue weighted by molar-refractivity contribution is -0.149. The van der Waals surface area contributed by atoms with Crippen molar-refractivity contribution >= 4 is 35.2 Å². The summed E-state index contributed by atoms with van der Waals surface area (Å²) in [4.78, 5) is 66.0. The molecule has 0 bridgehead atoms. The average Bonchev–Trinajstić information content (AvgIpc) is 3.72. The molecule has 2 heterocycles. The molecule has 1 saturated heterocycles. The maximum Gasteiger partial charge on any atom is 0.264 e. The van der Waals surface area contributed by atoms with Crippen molar-refractivity contribution in [2.45, 2.75) is 136 Å². The number of likely N-dealkylation sites (tertiary alicyclic amines) is 1.